The van der Waals surface area contributed by atoms with E-state index < -0.39 is 8.60 Å². The van der Waals surface area contributed by atoms with E-state index in [9.17, 15) is 0 Å². The van der Waals surface area contributed by atoms with Gasteiger partial charge in [0.05, 0.1) is 0 Å². The molecule has 0 amide bonds. The normalized spacial score (nSPS) is 8.00. The van der Waals surface area contributed by atoms with Crippen LogP contribution in [-0.4, -0.2) is 16.9 Å². The molecular weight excluding hydrogens is 156 g/mol. The third kappa shape index (κ3) is 8.87. The molecule has 0 unspecified atom stereocenters. The summed E-state index contributed by atoms with van der Waals surface area (Å²) in [5.41, 5.74) is 0. The van der Waals surface area contributed by atoms with Crippen molar-refractivity contribution in [2.24, 2.45) is 0 Å². The predicted molar refractivity (Wildman–Crippen MR) is 18.4 cm³/mol. The zero-order valence-electron chi connectivity index (χ0n) is 3.46. The van der Waals surface area contributed by atoms with Crippen LogP contribution in [0.15, 0.2) is 0 Å². The summed E-state index contributed by atoms with van der Waals surface area (Å²) in [4.78, 5) is 15.5. The molecule has 0 bridgehead atoms. The number of rotatable bonds is 1. The molecule has 0 atom stereocenters. The Morgan fingerprint density at radius 1 is 1.50 bits per heavy atom. The predicted octanol–water partition coefficient (Wildman–Crippen LogP) is -0.158. The standard InChI is InChI=1S/CH5O3P.Zn/c1-4-5(2)3;/h2-3H,1H3;. The Labute approximate surface area is 50.1 Å². The van der Waals surface area contributed by atoms with E-state index in [2.05, 4.69) is 4.52 Å². The summed E-state index contributed by atoms with van der Waals surface area (Å²) in [5, 5.41) is 0. The van der Waals surface area contributed by atoms with Crippen molar-refractivity contribution in [1.29, 1.82) is 0 Å². The van der Waals surface area contributed by atoms with Gasteiger partial charge >= 0.3 is 8.60 Å². The summed E-state index contributed by atoms with van der Waals surface area (Å²) in [6.45, 7) is 0. The molecule has 34 valence electrons. The van der Waals surface area contributed by atoms with Gasteiger partial charge in [0.15, 0.2) is 0 Å². The maximum absolute atomic E-state index is 7.76. The van der Waals surface area contributed by atoms with Crippen LogP contribution in [-0.2, 0) is 24.0 Å². The van der Waals surface area contributed by atoms with Crippen molar-refractivity contribution in [3.63, 3.8) is 0 Å². The fourth-order valence-corrected chi connectivity index (χ4v) is 0. The SMILES string of the molecule is COP(O)O.[Zn]. The molecule has 3 nitrogen and oxygen atoms in total. The molecule has 0 aliphatic rings. The second kappa shape index (κ2) is 5.93. The summed E-state index contributed by atoms with van der Waals surface area (Å²) >= 11 is 0. The van der Waals surface area contributed by atoms with Crippen LogP contribution in [0.4, 0.5) is 0 Å². The van der Waals surface area contributed by atoms with E-state index in [1.165, 1.54) is 7.11 Å². The van der Waals surface area contributed by atoms with Gasteiger partial charge in [0, 0.05) is 26.6 Å². The molecule has 5 heteroatoms. The Hall–Kier alpha value is 0.933. The Bertz CT molecular complexity index is 24.8. The quantitative estimate of drug-likeness (QED) is 0.415. The maximum atomic E-state index is 7.76. The maximum Gasteiger partial charge on any atom is 0.326 e. The third-order valence-corrected chi connectivity index (χ3v) is 0.490. The van der Waals surface area contributed by atoms with E-state index in [-0.39, 0.29) is 19.5 Å². The average molecular weight is 161 g/mol. The Morgan fingerprint density at radius 2 is 1.67 bits per heavy atom. The van der Waals surface area contributed by atoms with Gasteiger partial charge in [-0.3, -0.25) is 0 Å². The van der Waals surface area contributed by atoms with Crippen molar-refractivity contribution in [2.75, 3.05) is 7.11 Å². The molecule has 0 rings (SSSR count). The Balaban J connectivity index is 0. The van der Waals surface area contributed by atoms with Gasteiger partial charge in [-0.25, -0.2) is 0 Å². The van der Waals surface area contributed by atoms with Gasteiger partial charge in [-0.15, -0.1) is 0 Å². The monoisotopic (exact) mass is 160 g/mol. The molecule has 2 N–H and O–H groups in total. The number of hydrogen-bond donors (Lipinski definition) is 2. The molecule has 0 heterocycles. The molecule has 0 saturated carbocycles. The first-order valence-corrected chi connectivity index (χ1v) is 2.16. The van der Waals surface area contributed by atoms with Crippen LogP contribution in [0.1, 0.15) is 0 Å². The fourth-order valence-electron chi connectivity index (χ4n) is 0. The van der Waals surface area contributed by atoms with Crippen LogP contribution in [0.5, 0.6) is 0 Å². The Morgan fingerprint density at radius 3 is 1.67 bits per heavy atom. The topological polar surface area (TPSA) is 49.7 Å². The molecule has 0 saturated heterocycles. The van der Waals surface area contributed by atoms with Crippen molar-refractivity contribution in [3.8, 4) is 0 Å². The van der Waals surface area contributed by atoms with Gasteiger partial charge in [0.2, 0.25) is 0 Å². The van der Waals surface area contributed by atoms with Gasteiger partial charge in [-0.2, -0.15) is 0 Å². The first-order valence-electron chi connectivity index (χ1n) is 0.991. The van der Waals surface area contributed by atoms with Crippen LogP contribution < -0.4 is 0 Å². The minimum Gasteiger partial charge on any atom is -0.328 e. The smallest absolute Gasteiger partial charge is 0.326 e. The third-order valence-electron chi connectivity index (χ3n) is 0.163. The zero-order valence-corrected chi connectivity index (χ0v) is 7.32. The largest absolute Gasteiger partial charge is 0.328 e. The van der Waals surface area contributed by atoms with Crippen LogP contribution >= 0.6 is 8.60 Å². The molecule has 0 spiro atoms. The van der Waals surface area contributed by atoms with Crippen LogP contribution in [0, 0.1) is 0 Å². The van der Waals surface area contributed by atoms with Crippen molar-refractivity contribution in [3.05, 3.63) is 0 Å². The zero-order chi connectivity index (χ0) is 4.28. The van der Waals surface area contributed by atoms with E-state index in [0.717, 1.165) is 0 Å². The van der Waals surface area contributed by atoms with Gasteiger partial charge in [0.1, 0.15) is 0 Å². The molecule has 0 aliphatic carbocycles. The molecule has 0 aromatic rings. The molecule has 0 aliphatic heterocycles. The first kappa shape index (κ1) is 10.0. The van der Waals surface area contributed by atoms with E-state index in [0.29, 0.717) is 0 Å². The summed E-state index contributed by atoms with van der Waals surface area (Å²) in [7, 11) is -0.870. The summed E-state index contributed by atoms with van der Waals surface area (Å²) < 4.78 is 3.93. The molecule has 0 aromatic heterocycles. The molecule has 6 heavy (non-hydrogen) atoms. The second-order valence-corrected chi connectivity index (χ2v) is 1.31. The minimum atomic E-state index is -2.10. The fraction of sp³-hybridized carbons (Fsp3) is 1.00. The molecular formula is CH5O3PZn. The van der Waals surface area contributed by atoms with Crippen LogP contribution in [0.3, 0.4) is 0 Å². The second-order valence-electron chi connectivity index (χ2n) is 0.435. The van der Waals surface area contributed by atoms with Gasteiger partial charge in [0.25, 0.3) is 0 Å². The van der Waals surface area contributed by atoms with E-state index in [1.54, 1.807) is 0 Å². The van der Waals surface area contributed by atoms with Crippen molar-refractivity contribution < 1.29 is 33.8 Å². The van der Waals surface area contributed by atoms with Crippen molar-refractivity contribution in [1.82, 2.24) is 0 Å². The minimum absolute atomic E-state index is 0. The Kier molecular flexibility index (Phi) is 9.92. The van der Waals surface area contributed by atoms with Crippen LogP contribution in [0.25, 0.3) is 0 Å². The summed E-state index contributed by atoms with van der Waals surface area (Å²) in [6.07, 6.45) is 0. The molecule has 0 aromatic carbocycles. The van der Waals surface area contributed by atoms with Gasteiger partial charge < -0.3 is 14.3 Å². The van der Waals surface area contributed by atoms with Crippen molar-refractivity contribution >= 4 is 8.60 Å². The average Bonchev–Trinajstić information content (AvgIpc) is 1.38. The number of hydrogen-bond acceptors (Lipinski definition) is 3. The molecule has 0 fully saturated rings. The van der Waals surface area contributed by atoms with E-state index in [1.807, 2.05) is 0 Å². The van der Waals surface area contributed by atoms with Crippen molar-refractivity contribution in [2.45, 2.75) is 0 Å². The molecule has 0 radical (unpaired) electrons. The summed E-state index contributed by atoms with van der Waals surface area (Å²) in [5.74, 6) is 0. The van der Waals surface area contributed by atoms with Gasteiger partial charge in [-0.05, 0) is 0 Å². The van der Waals surface area contributed by atoms with E-state index >= 15 is 0 Å². The van der Waals surface area contributed by atoms with E-state index in [4.69, 9.17) is 9.79 Å². The van der Waals surface area contributed by atoms with Crippen LogP contribution in [0.2, 0.25) is 0 Å². The summed E-state index contributed by atoms with van der Waals surface area (Å²) in [6, 6.07) is 0. The first-order chi connectivity index (χ1) is 2.27. The van der Waals surface area contributed by atoms with Gasteiger partial charge in [-0.1, -0.05) is 0 Å².